The van der Waals surface area contributed by atoms with Gasteiger partial charge in [0.1, 0.15) is 0 Å². The Morgan fingerprint density at radius 2 is 1.64 bits per heavy atom. The molecule has 0 aliphatic heterocycles. The quantitative estimate of drug-likeness (QED) is 0.522. The zero-order chi connectivity index (χ0) is 8.91. The maximum atomic E-state index is 2.38. The van der Waals surface area contributed by atoms with E-state index in [9.17, 15) is 0 Å². The Labute approximate surface area is 72.4 Å². The summed E-state index contributed by atoms with van der Waals surface area (Å²) in [6.45, 7) is 11.7. The highest BCUT2D eigenvalue weighted by molar-refractivity contribution is 4.71. The molecule has 0 aliphatic rings. The van der Waals surface area contributed by atoms with Gasteiger partial charge in [0.2, 0.25) is 0 Å². The highest BCUT2D eigenvalue weighted by Gasteiger charge is 2.20. The lowest BCUT2D eigenvalue weighted by molar-refractivity contribution is 0.221. The first-order valence-corrected chi connectivity index (χ1v) is 5.00. The second-order valence-corrected chi connectivity index (χ2v) is 4.60. The molecule has 0 aromatic rings. The molecule has 68 valence electrons. The number of rotatable bonds is 5. The van der Waals surface area contributed by atoms with Crippen molar-refractivity contribution in [2.45, 2.75) is 60.3 Å². The van der Waals surface area contributed by atoms with Gasteiger partial charge >= 0.3 is 0 Å². The summed E-state index contributed by atoms with van der Waals surface area (Å²) < 4.78 is 0. The monoisotopic (exact) mass is 156 g/mol. The summed E-state index contributed by atoms with van der Waals surface area (Å²) in [7, 11) is 0. The van der Waals surface area contributed by atoms with Crippen molar-refractivity contribution < 1.29 is 0 Å². The van der Waals surface area contributed by atoms with E-state index >= 15 is 0 Å². The van der Waals surface area contributed by atoms with Crippen molar-refractivity contribution in [1.29, 1.82) is 0 Å². The van der Waals surface area contributed by atoms with Crippen LogP contribution in [0.5, 0.6) is 0 Å². The molecule has 0 N–H and O–H groups in total. The van der Waals surface area contributed by atoms with Crippen LogP contribution in [0.3, 0.4) is 0 Å². The van der Waals surface area contributed by atoms with Gasteiger partial charge in [0.25, 0.3) is 0 Å². The van der Waals surface area contributed by atoms with Gasteiger partial charge in [-0.25, -0.2) is 0 Å². The van der Waals surface area contributed by atoms with Gasteiger partial charge in [-0.3, -0.25) is 0 Å². The average Bonchev–Trinajstić information content (AvgIpc) is 1.88. The highest BCUT2D eigenvalue weighted by Crippen LogP contribution is 2.31. The Hall–Kier alpha value is 0. The molecular formula is C11H24. The van der Waals surface area contributed by atoms with Gasteiger partial charge in [0, 0.05) is 0 Å². The van der Waals surface area contributed by atoms with Crippen LogP contribution in [0.4, 0.5) is 0 Å². The molecule has 0 heteroatoms. The molecular weight excluding hydrogens is 132 g/mol. The molecule has 11 heavy (non-hydrogen) atoms. The van der Waals surface area contributed by atoms with Crippen LogP contribution in [0.1, 0.15) is 60.3 Å². The molecule has 0 bridgehead atoms. The molecule has 0 aromatic carbocycles. The van der Waals surface area contributed by atoms with Crippen LogP contribution in [-0.2, 0) is 0 Å². The third-order valence-electron chi connectivity index (χ3n) is 2.99. The predicted molar refractivity (Wildman–Crippen MR) is 52.8 cm³/mol. The van der Waals surface area contributed by atoms with E-state index in [1.165, 1.54) is 25.7 Å². The van der Waals surface area contributed by atoms with Gasteiger partial charge in [-0.05, 0) is 17.8 Å². The van der Waals surface area contributed by atoms with E-state index in [1.54, 1.807) is 0 Å². The second-order valence-electron chi connectivity index (χ2n) is 4.60. The Bertz CT molecular complexity index is 90.2. The van der Waals surface area contributed by atoms with Crippen molar-refractivity contribution >= 4 is 0 Å². The summed E-state index contributed by atoms with van der Waals surface area (Å²) in [5.74, 6) is 0.819. The fourth-order valence-corrected chi connectivity index (χ4v) is 1.12. The van der Waals surface area contributed by atoms with Crippen LogP contribution >= 0.6 is 0 Å². The van der Waals surface area contributed by atoms with Gasteiger partial charge < -0.3 is 0 Å². The van der Waals surface area contributed by atoms with Crippen molar-refractivity contribution in [2.24, 2.45) is 11.3 Å². The van der Waals surface area contributed by atoms with Gasteiger partial charge in [-0.2, -0.15) is 0 Å². The minimum atomic E-state index is 0.551. The molecule has 0 saturated carbocycles. The smallest absolute Gasteiger partial charge is 0.0331 e. The Balaban J connectivity index is 3.55. The van der Waals surface area contributed by atoms with Crippen molar-refractivity contribution in [3.63, 3.8) is 0 Å². The first-order valence-electron chi connectivity index (χ1n) is 5.00. The Kier molecular flexibility index (Phi) is 4.79. The van der Waals surface area contributed by atoms with E-state index in [0.29, 0.717) is 5.41 Å². The molecule has 0 nitrogen and oxygen atoms in total. The second kappa shape index (κ2) is 4.79. The van der Waals surface area contributed by atoms with E-state index < -0.39 is 0 Å². The van der Waals surface area contributed by atoms with Gasteiger partial charge in [-0.15, -0.1) is 0 Å². The third kappa shape index (κ3) is 4.44. The lowest BCUT2D eigenvalue weighted by atomic mass is 9.77. The third-order valence-corrected chi connectivity index (χ3v) is 2.99. The van der Waals surface area contributed by atoms with Crippen LogP contribution in [0.2, 0.25) is 0 Å². The maximum Gasteiger partial charge on any atom is -0.0331 e. The van der Waals surface area contributed by atoms with E-state index in [0.717, 1.165) is 5.92 Å². The van der Waals surface area contributed by atoms with Gasteiger partial charge in [0.05, 0.1) is 0 Å². The van der Waals surface area contributed by atoms with Crippen molar-refractivity contribution in [3.05, 3.63) is 0 Å². The van der Waals surface area contributed by atoms with E-state index in [-0.39, 0.29) is 0 Å². The fraction of sp³-hybridized carbons (Fsp3) is 1.00. The average molecular weight is 156 g/mol. The molecule has 0 radical (unpaired) electrons. The number of unbranched alkanes of at least 4 members (excludes halogenated alkanes) is 2. The van der Waals surface area contributed by atoms with E-state index in [4.69, 9.17) is 0 Å². The van der Waals surface area contributed by atoms with Gasteiger partial charge in [-0.1, -0.05) is 53.9 Å². The van der Waals surface area contributed by atoms with E-state index in [1.807, 2.05) is 0 Å². The van der Waals surface area contributed by atoms with Crippen molar-refractivity contribution in [2.75, 3.05) is 0 Å². The standard InChI is InChI=1S/C11H24/c1-6-7-8-9-11(4,5)10(2)3/h10H,6-9H2,1-5H3. The first kappa shape index (κ1) is 11.0. The molecule has 0 aliphatic carbocycles. The number of hydrogen-bond acceptors (Lipinski definition) is 0. The Morgan fingerprint density at radius 1 is 1.09 bits per heavy atom. The first-order chi connectivity index (χ1) is 5.00. The Morgan fingerprint density at radius 3 is 2.00 bits per heavy atom. The molecule has 0 unspecified atom stereocenters. The lowest BCUT2D eigenvalue weighted by Crippen LogP contribution is -2.18. The van der Waals surface area contributed by atoms with Crippen LogP contribution < -0.4 is 0 Å². The molecule has 0 aromatic heterocycles. The van der Waals surface area contributed by atoms with Crippen LogP contribution in [0, 0.1) is 11.3 Å². The fourth-order valence-electron chi connectivity index (χ4n) is 1.12. The normalized spacial score (nSPS) is 12.5. The van der Waals surface area contributed by atoms with Crippen LogP contribution in [0.25, 0.3) is 0 Å². The summed E-state index contributed by atoms with van der Waals surface area (Å²) in [5, 5.41) is 0. The predicted octanol–water partition coefficient (Wildman–Crippen LogP) is 4.25. The minimum absolute atomic E-state index is 0.551. The summed E-state index contributed by atoms with van der Waals surface area (Å²) in [6, 6.07) is 0. The van der Waals surface area contributed by atoms with Crippen molar-refractivity contribution in [3.8, 4) is 0 Å². The molecule has 0 atom stereocenters. The van der Waals surface area contributed by atoms with Crippen LogP contribution in [0.15, 0.2) is 0 Å². The largest absolute Gasteiger partial charge is 0.0654 e. The summed E-state index contributed by atoms with van der Waals surface area (Å²) in [5.41, 5.74) is 0.551. The molecule has 0 amide bonds. The van der Waals surface area contributed by atoms with Crippen LogP contribution in [-0.4, -0.2) is 0 Å². The summed E-state index contributed by atoms with van der Waals surface area (Å²) in [6.07, 6.45) is 5.53. The lowest BCUT2D eigenvalue weighted by Gasteiger charge is -2.29. The van der Waals surface area contributed by atoms with E-state index in [2.05, 4.69) is 34.6 Å². The topological polar surface area (TPSA) is 0 Å². The van der Waals surface area contributed by atoms with Crippen molar-refractivity contribution in [1.82, 2.24) is 0 Å². The molecule has 0 spiro atoms. The molecule has 0 fully saturated rings. The zero-order valence-corrected chi connectivity index (χ0v) is 8.91. The molecule has 0 saturated heterocycles. The molecule has 0 heterocycles. The maximum absolute atomic E-state index is 2.38. The SMILES string of the molecule is CCCCCC(C)(C)C(C)C. The summed E-state index contributed by atoms with van der Waals surface area (Å²) >= 11 is 0. The number of hydrogen-bond donors (Lipinski definition) is 0. The minimum Gasteiger partial charge on any atom is -0.0654 e. The van der Waals surface area contributed by atoms with Gasteiger partial charge in [0.15, 0.2) is 0 Å². The molecule has 0 rings (SSSR count). The zero-order valence-electron chi connectivity index (χ0n) is 8.91. The highest BCUT2D eigenvalue weighted by atomic mass is 14.3. The summed E-state index contributed by atoms with van der Waals surface area (Å²) in [4.78, 5) is 0.